The SMILES string of the molecule is CNCC1CCCCN1S(=O)(=O)NC(C)C1CCCO1. The molecular weight excluding hydrogens is 278 g/mol. The van der Waals surface area contributed by atoms with Crippen LogP contribution in [0.2, 0.25) is 0 Å². The molecule has 7 heteroatoms. The lowest BCUT2D eigenvalue weighted by Crippen LogP contribution is -2.55. The minimum absolute atomic E-state index is 0.0114. The van der Waals surface area contributed by atoms with Crippen molar-refractivity contribution in [3.8, 4) is 0 Å². The summed E-state index contributed by atoms with van der Waals surface area (Å²) in [4.78, 5) is 0. The van der Waals surface area contributed by atoms with Gasteiger partial charge in [0, 0.05) is 31.8 Å². The summed E-state index contributed by atoms with van der Waals surface area (Å²) in [6.07, 6.45) is 4.93. The average molecular weight is 305 g/mol. The molecule has 6 nitrogen and oxygen atoms in total. The monoisotopic (exact) mass is 305 g/mol. The van der Waals surface area contributed by atoms with E-state index < -0.39 is 10.2 Å². The zero-order valence-electron chi connectivity index (χ0n) is 12.5. The topological polar surface area (TPSA) is 70.7 Å². The van der Waals surface area contributed by atoms with Crippen molar-refractivity contribution < 1.29 is 13.2 Å². The smallest absolute Gasteiger partial charge is 0.280 e. The second kappa shape index (κ2) is 7.17. The third-order valence-electron chi connectivity index (χ3n) is 4.18. The van der Waals surface area contributed by atoms with Gasteiger partial charge in [-0.15, -0.1) is 0 Å². The standard InChI is InChI=1S/C13H27N3O3S/c1-11(13-7-5-9-19-13)15-20(17,18)16-8-4-3-6-12(16)10-14-2/h11-15H,3-10H2,1-2H3. The molecule has 2 rings (SSSR count). The van der Waals surface area contributed by atoms with E-state index in [1.165, 1.54) is 0 Å². The van der Waals surface area contributed by atoms with Gasteiger partial charge in [-0.25, -0.2) is 0 Å². The predicted octanol–water partition coefficient (Wildman–Crippen LogP) is 0.462. The van der Waals surface area contributed by atoms with E-state index in [0.717, 1.165) is 38.7 Å². The molecule has 2 N–H and O–H groups in total. The Morgan fingerprint density at radius 1 is 1.30 bits per heavy atom. The van der Waals surface area contributed by atoms with Crippen molar-refractivity contribution >= 4 is 10.2 Å². The first-order chi connectivity index (χ1) is 9.54. The Morgan fingerprint density at radius 2 is 2.10 bits per heavy atom. The molecule has 118 valence electrons. The third-order valence-corrected chi connectivity index (χ3v) is 5.95. The van der Waals surface area contributed by atoms with Crippen LogP contribution in [0.3, 0.4) is 0 Å². The highest BCUT2D eigenvalue weighted by atomic mass is 32.2. The van der Waals surface area contributed by atoms with Gasteiger partial charge in [0.25, 0.3) is 10.2 Å². The van der Waals surface area contributed by atoms with Crippen LogP contribution in [0.15, 0.2) is 0 Å². The molecule has 0 aromatic carbocycles. The summed E-state index contributed by atoms with van der Waals surface area (Å²) in [7, 11) is -1.57. The number of rotatable bonds is 6. The summed E-state index contributed by atoms with van der Waals surface area (Å²) in [6, 6.07) is -0.109. The molecule has 3 unspecified atom stereocenters. The van der Waals surface area contributed by atoms with Crippen LogP contribution in [0.4, 0.5) is 0 Å². The van der Waals surface area contributed by atoms with Crippen molar-refractivity contribution in [2.45, 2.75) is 57.2 Å². The van der Waals surface area contributed by atoms with E-state index in [9.17, 15) is 8.42 Å². The molecule has 2 fully saturated rings. The summed E-state index contributed by atoms with van der Waals surface area (Å²) < 4.78 is 35.1. The number of nitrogens with one attached hydrogen (secondary N) is 2. The van der Waals surface area contributed by atoms with Crippen LogP contribution in [0.1, 0.15) is 39.0 Å². The number of piperidine rings is 1. The molecule has 0 radical (unpaired) electrons. The lowest BCUT2D eigenvalue weighted by atomic mass is 10.1. The van der Waals surface area contributed by atoms with Crippen molar-refractivity contribution in [2.75, 3.05) is 26.7 Å². The Kier molecular flexibility index (Phi) is 5.80. The maximum atomic E-state index is 12.6. The zero-order chi connectivity index (χ0) is 14.6. The number of nitrogens with zero attached hydrogens (tertiary/aromatic N) is 1. The predicted molar refractivity (Wildman–Crippen MR) is 78.8 cm³/mol. The average Bonchev–Trinajstić information content (AvgIpc) is 2.93. The summed E-state index contributed by atoms with van der Waals surface area (Å²) in [5.74, 6) is 0. The van der Waals surface area contributed by atoms with Crippen molar-refractivity contribution in [3.05, 3.63) is 0 Å². The number of likely N-dealkylation sites (N-methyl/N-ethyl adjacent to an activating group) is 1. The van der Waals surface area contributed by atoms with Crippen molar-refractivity contribution in [1.82, 2.24) is 14.3 Å². The molecule has 0 bridgehead atoms. The molecule has 2 aliphatic heterocycles. The van der Waals surface area contributed by atoms with Crippen LogP contribution in [0, 0.1) is 0 Å². The summed E-state index contributed by atoms with van der Waals surface area (Å²) in [5.41, 5.74) is 0. The zero-order valence-corrected chi connectivity index (χ0v) is 13.3. The Hall–Kier alpha value is -0.210. The van der Waals surface area contributed by atoms with Crippen LogP contribution in [-0.4, -0.2) is 57.7 Å². The largest absolute Gasteiger partial charge is 0.377 e. The maximum Gasteiger partial charge on any atom is 0.280 e. The maximum absolute atomic E-state index is 12.6. The fraction of sp³-hybridized carbons (Fsp3) is 1.00. The van der Waals surface area contributed by atoms with Gasteiger partial charge in [-0.1, -0.05) is 6.42 Å². The van der Waals surface area contributed by atoms with E-state index in [2.05, 4.69) is 10.0 Å². The highest BCUT2D eigenvalue weighted by Crippen LogP contribution is 2.21. The second-order valence-corrected chi connectivity index (χ2v) is 7.44. The van der Waals surface area contributed by atoms with E-state index in [0.29, 0.717) is 13.1 Å². The fourth-order valence-corrected chi connectivity index (χ4v) is 4.80. The van der Waals surface area contributed by atoms with Gasteiger partial charge in [-0.2, -0.15) is 17.4 Å². The summed E-state index contributed by atoms with van der Waals surface area (Å²) in [5, 5.41) is 3.09. The number of hydrogen-bond acceptors (Lipinski definition) is 4. The van der Waals surface area contributed by atoms with Gasteiger partial charge in [0.2, 0.25) is 0 Å². The molecule has 0 saturated carbocycles. The van der Waals surface area contributed by atoms with Crippen LogP contribution in [0.25, 0.3) is 0 Å². The molecule has 3 atom stereocenters. The lowest BCUT2D eigenvalue weighted by Gasteiger charge is -2.35. The van der Waals surface area contributed by atoms with Gasteiger partial charge < -0.3 is 10.1 Å². The minimum atomic E-state index is -3.43. The van der Waals surface area contributed by atoms with Gasteiger partial charge >= 0.3 is 0 Å². The molecule has 0 aliphatic carbocycles. The molecular formula is C13H27N3O3S. The Morgan fingerprint density at radius 3 is 2.75 bits per heavy atom. The minimum Gasteiger partial charge on any atom is -0.377 e. The van der Waals surface area contributed by atoms with E-state index in [1.54, 1.807) is 4.31 Å². The Bertz CT molecular complexity index is 394. The van der Waals surface area contributed by atoms with Crippen LogP contribution in [0.5, 0.6) is 0 Å². The van der Waals surface area contributed by atoms with Crippen LogP contribution >= 0.6 is 0 Å². The van der Waals surface area contributed by atoms with E-state index >= 15 is 0 Å². The molecule has 0 aromatic rings. The molecule has 0 aromatic heterocycles. The van der Waals surface area contributed by atoms with E-state index in [-0.39, 0.29) is 18.2 Å². The molecule has 2 heterocycles. The molecule has 20 heavy (non-hydrogen) atoms. The van der Waals surface area contributed by atoms with Gasteiger partial charge in [-0.3, -0.25) is 0 Å². The first kappa shape index (κ1) is 16.2. The van der Waals surface area contributed by atoms with Crippen molar-refractivity contribution in [1.29, 1.82) is 0 Å². The highest BCUT2D eigenvalue weighted by Gasteiger charge is 2.34. The van der Waals surface area contributed by atoms with Crippen LogP contribution in [-0.2, 0) is 14.9 Å². The first-order valence-corrected chi connectivity index (χ1v) is 9.04. The number of ether oxygens (including phenoxy) is 1. The fourth-order valence-electron chi connectivity index (χ4n) is 3.11. The van der Waals surface area contributed by atoms with E-state index in [1.807, 2.05) is 14.0 Å². The summed E-state index contributed by atoms with van der Waals surface area (Å²) in [6.45, 7) is 3.95. The van der Waals surface area contributed by atoms with Crippen molar-refractivity contribution in [3.63, 3.8) is 0 Å². The molecule has 2 saturated heterocycles. The van der Waals surface area contributed by atoms with Crippen LogP contribution < -0.4 is 10.0 Å². The lowest BCUT2D eigenvalue weighted by molar-refractivity contribution is 0.0892. The molecule has 0 amide bonds. The molecule has 0 spiro atoms. The second-order valence-electron chi connectivity index (χ2n) is 5.78. The number of hydrogen-bond donors (Lipinski definition) is 2. The van der Waals surface area contributed by atoms with E-state index in [4.69, 9.17) is 4.74 Å². The Labute approximate surface area is 122 Å². The quantitative estimate of drug-likeness (QED) is 0.748. The highest BCUT2D eigenvalue weighted by molar-refractivity contribution is 7.87. The summed E-state index contributed by atoms with van der Waals surface area (Å²) >= 11 is 0. The third kappa shape index (κ3) is 3.92. The van der Waals surface area contributed by atoms with Crippen molar-refractivity contribution in [2.24, 2.45) is 0 Å². The Balaban J connectivity index is 1.99. The normalized spacial score (nSPS) is 30.5. The van der Waals surface area contributed by atoms with Gasteiger partial charge in [0.1, 0.15) is 0 Å². The van der Waals surface area contributed by atoms with Gasteiger partial charge in [-0.05, 0) is 39.7 Å². The molecule has 2 aliphatic rings. The first-order valence-electron chi connectivity index (χ1n) is 7.60. The van der Waals surface area contributed by atoms with Gasteiger partial charge in [0.05, 0.1) is 6.10 Å². The van der Waals surface area contributed by atoms with Gasteiger partial charge in [0.15, 0.2) is 0 Å².